The van der Waals surface area contributed by atoms with Gasteiger partial charge in [0.05, 0.1) is 11.8 Å². The van der Waals surface area contributed by atoms with Gasteiger partial charge in [0.25, 0.3) is 0 Å². The average Bonchev–Trinajstić information content (AvgIpc) is 2.66. The lowest BCUT2D eigenvalue weighted by atomic mass is 10.0. The van der Waals surface area contributed by atoms with E-state index in [2.05, 4.69) is 0 Å². The Morgan fingerprint density at radius 1 is 1.50 bits per heavy atom. The number of ether oxygens (including phenoxy) is 1. The van der Waals surface area contributed by atoms with E-state index in [9.17, 15) is 5.11 Å². The monoisotopic (exact) mass is 193 g/mol. The molecular formula is C11H15NO2. The highest BCUT2D eigenvalue weighted by Crippen LogP contribution is 2.27. The Morgan fingerprint density at radius 3 is 3.07 bits per heavy atom. The topological polar surface area (TPSA) is 55.5 Å². The van der Waals surface area contributed by atoms with Crippen LogP contribution in [-0.2, 0) is 11.2 Å². The zero-order valence-electron chi connectivity index (χ0n) is 8.07. The molecule has 0 aromatic heterocycles. The maximum atomic E-state index is 9.68. The lowest BCUT2D eigenvalue weighted by Gasteiger charge is -2.11. The molecule has 3 heteroatoms. The molecule has 1 heterocycles. The van der Waals surface area contributed by atoms with Crippen LogP contribution in [0, 0.1) is 0 Å². The molecule has 2 rings (SSSR count). The van der Waals surface area contributed by atoms with Crippen molar-refractivity contribution in [3.8, 4) is 5.75 Å². The van der Waals surface area contributed by atoms with Gasteiger partial charge in [0.15, 0.2) is 0 Å². The number of phenolic OH excluding ortho intramolecular Hbond substituents is 1. The minimum atomic E-state index is 0.211. The summed E-state index contributed by atoms with van der Waals surface area (Å²) in [5, 5.41) is 9.68. The van der Waals surface area contributed by atoms with Crippen LogP contribution < -0.4 is 5.73 Å². The summed E-state index contributed by atoms with van der Waals surface area (Å²) >= 11 is 0. The Hall–Kier alpha value is -1.22. The van der Waals surface area contributed by atoms with E-state index in [1.54, 1.807) is 6.07 Å². The molecule has 0 bridgehead atoms. The van der Waals surface area contributed by atoms with Crippen molar-refractivity contribution in [3.05, 3.63) is 23.8 Å². The van der Waals surface area contributed by atoms with E-state index in [-0.39, 0.29) is 11.9 Å². The summed E-state index contributed by atoms with van der Waals surface area (Å²) in [7, 11) is 0. The van der Waals surface area contributed by atoms with Crippen molar-refractivity contribution in [2.45, 2.75) is 25.4 Å². The van der Waals surface area contributed by atoms with Crippen molar-refractivity contribution in [2.24, 2.45) is 0 Å². The van der Waals surface area contributed by atoms with Gasteiger partial charge in [-0.2, -0.15) is 0 Å². The first kappa shape index (κ1) is 9.34. The molecular weight excluding hydrogens is 178 g/mol. The Bertz CT molecular complexity index is 319. The van der Waals surface area contributed by atoms with Crippen LogP contribution >= 0.6 is 0 Å². The van der Waals surface area contributed by atoms with E-state index in [1.165, 1.54) is 0 Å². The zero-order chi connectivity index (χ0) is 9.97. The summed E-state index contributed by atoms with van der Waals surface area (Å²) in [5.41, 5.74) is 6.93. The van der Waals surface area contributed by atoms with E-state index >= 15 is 0 Å². The van der Waals surface area contributed by atoms with E-state index in [0.29, 0.717) is 5.69 Å². The molecule has 0 aliphatic carbocycles. The molecule has 1 aliphatic heterocycles. The molecule has 1 fully saturated rings. The maximum Gasteiger partial charge on any atom is 0.141 e. The number of nitrogen functional groups attached to an aromatic ring is 1. The van der Waals surface area contributed by atoms with Crippen molar-refractivity contribution in [2.75, 3.05) is 12.3 Å². The van der Waals surface area contributed by atoms with Gasteiger partial charge in [0.2, 0.25) is 0 Å². The molecule has 0 spiro atoms. The first-order valence-electron chi connectivity index (χ1n) is 4.95. The van der Waals surface area contributed by atoms with Gasteiger partial charge in [-0.3, -0.25) is 0 Å². The molecule has 1 aromatic carbocycles. The fourth-order valence-corrected chi connectivity index (χ4v) is 1.83. The summed E-state index contributed by atoms with van der Waals surface area (Å²) in [5.74, 6) is 0.211. The summed E-state index contributed by atoms with van der Waals surface area (Å²) in [6.45, 7) is 0.841. The maximum absolute atomic E-state index is 9.68. The van der Waals surface area contributed by atoms with E-state index in [1.807, 2.05) is 12.1 Å². The highest BCUT2D eigenvalue weighted by molar-refractivity contribution is 5.55. The SMILES string of the molecule is Nc1cccc(CC2CCCO2)c1O. The average molecular weight is 193 g/mol. The molecule has 1 atom stereocenters. The summed E-state index contributed by atoms with van der Waals surface area (Å²) in [6, 6.07) is 5.46. The Labute approximate surface area is 83.5 Å². The van der Waals surface area contributed by atoms with Crippen LogP contribution in [0.2, 0.25) is 0 Å². The van der Waals surface area contributed by atoms with Crippen molar-refractivity contribution < 1.29 is 9.84 Å². The van der Waals surface area contributed by atoms with Crippen LogP contribution in [0.3, 0.4) is 0 Å². The van der Waals surface area contributed by atoms with Gasteiger partial charge in [-0.1, -0.05) is 12.1 Å². The lowest BCUT2D eigenvalue weighted by Crippen LogP contribution is -2.09. The molecule has 1 saturated heterocycles. The van der Waals surface area contributed by atoms with Gasteiger partial charge in [0.1, 0.15) is 5.75 Å². The van der Waals surface area contributed by atoms with Gasteiger partial charge >= 0.3 is 0 Å². The molecule has 1 aromatic rings. The van der Waals surface area contributed by atoms with Crippen LogP contribution in [0.5, 0.6) is 5.75 Å². The minimum Gasteiger partial charge on any atom is -0.506 e. The first-order chi connectivity index (χ1) is 6.77. The highest BCUT2D eigenvalue weighted by atomic mass is 16.5. The molecule has 0 amide bonds. The number of nitrogens with two attached hydrogens (primary N) is 1. The largest absolute Gasteiger partial charge is 0.506 e. The number of hydrogen-bond acceptors (Lipinski definition) is 3. The van der Waals surface area contributed by atoms with Crippen molar-refractivity contribution in [3.63, 3.8) is 0 Å². The van der Waals surface area contributed by atoms with Gasteiger partial charge in [-0.25, -0.2) is 0 Å². The fourth-order valence-electron chi connectivity index (χ4n) is 1.83. The third kappa shape index (κ3) is 1.82. The normalized spacial score (nSPS) is 21.3. The van der Waals surface area contributed by atoms with Crippen LogP contribution in [0.1, 0.15) is 18.4 Å². The van der Waals surface area contributed by atoms with Crippen molar-refractivity contribution in [1.29, 1.82) is 0 Å². The quantitative estimate of drug-likeness (QED) is 0.555. The number of phenols is 1. The Kier molecular flexibility index (Phi) is 2.59. The third-order valence-corrected chi connectivity index (χ3v) is 2.62. The van der Waals surface area contributed by atoms with E-state index in [4.69, 9.17) is 10.5 Å². The molecule has 1 aliphatic rings. The number of aromatic hydroxyl groups is 1. The van der Waals surface area contributed by atoms with E-state index < -0.39 is 0 Å². The van der Waals surface area contributed by atoms with Gasteiger partial charge in [-0.15, -0.1) is 0 Å². The first-order valence-corrected chi connectivity index (χ1v) is 4.95. The van der Waals surface area contributed by atoms with Crippen molar-refractivity contribution in [1.82, 2.24) is 0 Å². The minimum absolute atomic E-state index is 0.211. The Balaban J connectivity index is 2.11. The standard InChI is InChI=1S/C11H15NO2/c12-10-5-1-3-8(11(10)13)7-9-4-2-6-14-9/h1,3,5,9,13H,2,4,6-7,12H2. The number of hydrogen-bond donors (Lipinski definition) is 2. The number of para-hydroxylation sites is 1. The molecule has 14 heavy (non-hydrogen) atoms. The third-order valence-electron chi connectivity index (χ3n) is 2.62. The summed E-state index contributed by atoms with van der Waals surface area (Å²) in [6.07, 6.45) is 3.21. The molecule has 3 N–H and O–H groups in total. The predicted octanol–water partition coefficient (Wildman–Crippen LogP) is 1.70. The number of benzene rings is 1. The van der Waals surface area contributed by atoms with Crippen LogP contribution in [-0.4, -0.2) is 17.8 Å². The second-order valence-corrected chi connectivity index (χ2v) is 3.69. The molecule has 1 unspecified atom stereocenters. The lowest BCUT2D eigenvalue weighted by molar-refractivity contribution is 0.111. The van der Waals surface area contributed by atoms with Crippen LogP contribution in [0.15, 0.2) is 18.2 Å². The summed E-state index contributed by atoms with van der Waals surface area (Å²) in [4.78, 5) is 0. The van der Waals surface area contributed by atoms with Gasteiger partial charge < -0.3 is 15.6 Å². The summed E-state index contributed by atoms with van der Waals surface area (Å²) < 4.78 is 5.50. The zero-order valence-corrected chi connectivity index (χ0v) is 8.07. The molecule has 0 saturated carbocycles. The fraction of sp³-hybridized carbons (Fsp3) is 0.455. The number of anilines is 1. The highest BCUT2D eigenvalue weighted by Gasteiger charge is 2.17. The smallest absolute Gasteiger partial charge is 0.141 e. The molecule has 76 valence electrons. The predicted molar refractivity (Wildman–Crippen MR) is 55.2 cm³/mol. The van der Waals surface area contributed by atoms with Crippen molar-refractivity contribution >= 4 is 5.69 Å². The molecule has 0 radical (unpaired) electrons. The second-order valence-electron chi connectivity index (χ2n) is 3.69. The Morgan fingerprint density at radius 2 is 2.36 bits per heavy atom. The second kappa shape index (κ2) is 3.88. The van der Waals surface area contributed by atoms with Gasteiger partial charge in [-0.05, 0) is 24.5 Å². The number of rotatable bonds is 2. The van der Waals surface area contributed by atoms with Crippen LogP contribution in [0.4, 0.5) is 5.69 Å². The van der Waals surface area contributed by atoms with E-state index in [0.717, 1.165) is 31.4 Å². The van der Waals surface area contributed by atoms with Gasteiger partial charge in [0, 0.05) is 13.0 Å². The van der Waals surface area contributed by atoms with Crippen LogP contribution in [0.25, 0.3) is 0 Å². The molecule has 3 nitrogen and oxygen atoms in total.